The molecule has 0 unspecified atom stereocenters. The molecule has 134 valence electrons. The number of aryl methyl sites for hydroxylation is 1. The number of hydrogen-bond acceptors (Lipinski definition) is 5. The highest BCUT2D eigenvalue weighted by Gasteiger charge is 2.15. The van der Waals surface area contributed by atoms with Crippen molar-refractivity contribution in [1.82, 2.24) is 9.55 Å². The molecule has 0 aliphatic heterocycles. The highest BCUT2D eigenvalue weighted by Crippen LogP contribution is 2.25. The summed E-state index contributed by atoms with van der Waals surface area (Å²) >= 11 is 7.30. The van der Waals surface area contributed by atoms with Crippen LogP contribution < -0.4 is 5.32 Å². The van der Waals surface area contributed by atoms with Gasteiger partial charge >= 0.3 is 5.97 Å². The van der Waals surface area contributed by atoms with E-state index in [-0.39, 0.29) is 11.7 Å². The van der Waals surface area contributed by atoms with E-state index in [0.29, 0.717) is 21.4 Å². The van der Waals surface area contributed by atoms with Gasteiger partial charge in [0.1, 0.15) is 0 Å². The van der Waals surface area contributed by atoms with Crippen molar-refractivity contribution in [3.8, 4) is 0 Å². The number of carbonyl (C=O) groups excluding carboxylic acids is 2. The number of imidazole rings is 1. The smallest absolute Gasteiger partial charge is 0.339 e. The summed E-state index contributed by atoms with van der Waals surface area (Å²) in [6.45, 7) is 0. The second-order valence-electron chi connectivity index (χ2n) is 5.46. The maximum absolute atomic E-state index is 12.3. The summed E-state index contributed by atoms with van der Waals surface area (Å²) in [5.41, 5.74) is 2.44. The Morgan fingerprint density at radius 2 is 2.04 bits per heavy atom. The van der Waals surface area contributed by atoms with Crippen LogP contribution in [0.15, 0.2) is 47.6 Å². The normalized spacial score (nSPS) is 10.7. The van der Waals surface area contributed by atoms with Gasteiger partial charge in [-0.05, 0) is 30.3 Å². The van der Waals surface area contributed by atoms with Crippen LogP contribution in [0, 0.1) is 0 Å². The first-order valence-corrected chi connectivity index (χ1v) is 9.08. The topological polar surface area (TPSA) is 73.2 Å². The molecule has 3 aromatic rings. The van der Waals surface area contributed by atoms with Crippen LogP contribution in [0.5, 0.6) is 0 Å². The molecule has 6 nitrogen and oxygen atoms in total. The molecule has 26 heavy (non-hydrogen) atoms. The Kier molecular flexibility index (Phi) is 5.49. The number of amides is 1. The van der Waals surface area contributed by atoms with Crippen molar-refractivity contribution in [2.45, 2.75) is 5.16 Å². The third-order valence-electron chi connectivity index (χ3n) is 3.74. The maximum atomic E-state index is 12.3. The molecule has 0 bridgehead atoms. The number of aromatic nitrogens is 2. The van der Waals surface area contributed by atoms with Crippen LogP contribution in [0.3, 0.4) is 0 Å². The summed E-state index contributed by atoms with van der Waals surface area (Å²) in [4.78, 5) is 28.5. The molecule has 0 spiro atoms. The minimum absolute atomic E-state index is 0.153. The van der Waals surface area contributed by atoms with E-state index in [9.17, 15) is 9.59 Å². The minimum atomic E-state index is -0.499. The number of methoxy groups -OCH3 is 1. The number of esters is 1. The van der Waals surface area contributed by atoms with Gasteiger partial charge in [-0.1, -0.05) is 35.5 Å². The maximum Gasteiger partial charge on any atom is 0.339 e. The van der Waals surface area contributed by atoms with Gasteiger partial charge in [-0.3, -0.25) is 4.79 Å². The van der Waals surface area contributed by atoms with Gasteiger partial charge in [0.2, 0.25) is 5.91 Å². The number of fused-ring (bicyclic) bond motifs is 1. The predicted molar refractivity (Wildman–Crippen MR) is 103 cm³/mol. The molecule has 8 heteroatoms. The second-order valence-corrected chi connectivity index (χ2v) is 6.84. The highest BCUT2D eigenvalue weighted by atomic mass is 35.5. The van der Waals surface area contributed by atoms with E-state index < -0.39 is 5.97 Å². The third kappa shape index (κ3) is 3.84. The van der Waals surface area contributed by atoms with Gasteiger partial charge in [-0.15, -0.1) is 0 Å². The molecule has 3 rings (SSSR count). The number of nitrogens with one attached hydrogen (secondary N) is 1. The number of para-hydroxylation sites is 1. The van der Waals surface area contributed by atoms with Crippen molar-refractivity contribution in [3.05, 3.63) is 53.1 Å². The monoisotopic (exact) mass is 389 g/mol. The lowest BCUT2D eigenvalue weighted by Gasteiger charge is -2.09. The zero-order valence-corrected chi connectivity index (χ0v) is 15.7. The average Bonchev–Trinajstić information content (AvgIpc) is 2.95. The molecule has 0 aliphatic carbocycles. The zero-order valence-electron chi connectivity index (χ0n) is 14.2. The van der Waals surface area contributed by atoms with Gasteiger partial charge in [0.15, 0.2) is 5.16 Å². The molecule has 0 fully saturated rings. The van der Waals surface area contributed by atoms with Gasteiger partial charge < -0.3 is 14.6 Å². The lowest BCUT2D eigenvalue weighted by atomic mass is 10.2. The Morgan fingerprint density at radius 1 is 1.27 bits per heavy atom. The number of ether oxygens (including phenoxy) is 1. The fraction of sp³-hybridized carbons (Fsp3) is 0.167. The van der Waals surface area contributed by atoms with Crippen molar-refractivity contribution >= 4 is 52.0 Å². The number of hydrogen-bond donors (Lipinski definition) is 1. The number of halogens is 1. The molecule has 0 radical (unpaired) electrons. The zero-order chi connectivity index (χ0) is 18.7. The Morgan fingerprint density at radius 3 is 2.81 bits per heavy atom. The van der Waals surface area contributed by atoms with Crippen LogP contribution in [0.2, 0.25) is 5.02 Å². The van der Waals surface area contributed by atoms with Crippen LogP contribution >= 0.6 is 23.4 Å². The van der Waals surface area contributed by atoms with E-state index >= 15 is 0 Å². The molecule has 0 saturated carbocycles. The van der Waals surface area contributed by atoms with E-state index in [2.05, 4.69) is 10.3 Å². The Hall–Kier alpha value is -2.51. The van der Waals surface area contributed by atoms with Crippen molar-refractivity contribution in [3.63, 3.8) is 0 Å². The number of rotatable bonds is 5. The van der Waals surface area contributed by atoms with E-state index in [1.54, 1.807) is 36.4 Å². The molecule has 1 heterocycles. The van der Waals surface area contributed by atoms with Crippen LogP contribution in [0.25, 0.3) is 11.0 Å². The molecule has 1 aromatic heterocycles. The molecule has 0 atom stereocenters. The molecule has 0 aliphatic rings. The highest BCUT2D eigenvalue weighted by molar-refractivity contribution is 7.99. The van der Waals surface area contributed by atoms with Crippen molar-refractivity contribution in [2.24, 2.45) is 7.05 Å². The molecular formula is C18H16ClN3O3S. The average molecular weight is 390 g/mol. The predicted octanol–water partition coefficient (Wildman–Crippen LogP) is 3.74. The lowest BCUT2D eigenvalue weighted by molar-refractivity contribution is -0.113. The number of benzene rings is 2. The number of nitrogens with zero attached hydrogens (tertiary/aromatic N) is 2. The second kappa shape index (κ2) is 7.80. The van der Waals surface area contributed by atoms with E-state index in [1.807, 2.05) is 17.7 Å². The summed E-state index contributed by atoms with van der Waals surface area (Å²) in [5.74, 6) is -0.586. The SMILES string of the molecule is COC(=O)c1ccccc1NC(=O)CSc1nc2cc(Cl)ccc2n1C. The Labute approximate surface area is 159 Å². The van der Waals surface area contributed by atoms with Gasteiger partial charge in [-0.25, -0.2) is 9.78 Å². The summed E-state index contributed by atoms with van der Waals surface area (Å²) in [5, 5.41) is 4.06. The van der Waals surface area contributed by atoms with Gasteiger partial charge in [0, 0.05) is 12.1 Å². The summed E-state index contributed by atoms with van der Waals surface area (Å²) < 4.78 is 6.64. The van der Waals surface area contributed by atoms with Crippen LogP contribution in [0.1, 0.15) is 10.4 Å². The summed E-state index contributed by atoms with van der Waals surface area (Å²) in [7, 11) is 3.19. The molecule has 2 aromatic carbocycles. The lowest BCUT2D eigenvalue weighted by Crippen LogP contribution is -2.17. The molecule has 0 saturated heterocycles. The van der Waals surface area contributed by atoms with Crippen molar-refractivity contribution < 1.29 is 14.3 Å². The molecule has 1 N–H and O–H groups in total. The quantitative estimate of drug-likeness (QED) is 0.531. The minimum Gasteiger partial charge on any atom is -0.465 e. The number of carbonyl (C=O) groups is 2. The molecular weight excluding hydrogens is 374 g/mol. The van der Waals surface area contributed by atoms with Gasteiger partial charge in [-0.2, -0.15) is 0 Å². The Balaban J connectivity index is 1.70. The van der Waals surface area contributed by atoms with Crippen LogP contribution in [-0.4, -0.2) is 34.3 Å². The first kappa shape index (κ1) is 18.3. The number of anilines is 1. The van der Waals surface area contributed by atoms with Gasteiger partial charge in [0.05, 0.1) is 35.1 Å². The van der Waals surface area contributed by atoms with E-state index in [4.69, 9.17) is 16.3 Å². The fourth-order valence-electron chi connectivity index (χ4n) is 2.48. The standard InChI is InChI=1S/C18H16ClN3O3S/c1-22-15-8-7-11(19)9-14(15)21-18(22)26-10-16(23)20-13-6-4-3-5-12(13)17(24)25-2/h3-9H,10H2,1-2H3,(H,20,23). The Bertz CT molecular complexity index is 987. The first-order valence-electron chi connectivity index (χ1n) is 7.71. The molecule has 1 amide bonds. The van der Waals surface area contributed by atoms with Gasteiger partial charge in [0.25, 0.3) is 0 Å². The summed E-state index contributed by atoms with van der Waals surface area (Å²) in [6, 6.07) is 12.2. The third-order valence-corrected chi connectivity index (χ3v) is 5.01. The van der Waals surface area contributed by atoms with E-state index in [1.165, 1.54) is 18.9 Å². The van der Waals surface area contributed by atoms with E-state index in [0.717, 1.165) is 11.0 Å². The van der Waals surface area contributed by atoms with Crippen molar-refractivity contribution in [2.75, 3.05) is 18.2 Å². The summed E-state index contributed by atoms with van der Waals surface area (Å²) in [6.07, 6.45) is 0. The van der Waals surface area contributed by atoms with Crippen molar-refractivity contribution in [1.29, 1.82) is 0 Å². The largest absolute Gasteiger partial charge is 0.465 e. The fourth-order valence-corrected chi connectivity index (χ4v) is 3.43. The first-order chi connectivity index (χ1) is 12.5. The van der Waals surface area contributed by atoms with Crippen LogP contribution in [-0.2, 0) is 16.6 Å². The number of thioether (sulfide) groups is 1. The van der Waals surface area contributed by atoms with Crippen LogP contribution in [0.4, 0.5) is 5.69 Å².